The monoisotopic (exact) mass is 362 g/mol. The second-order valence-electron chi connectivity index (χ2n) is 5.25. The molecule has 0 fully saturated rings. The molecule has 0 spiro atoms. The Morgan fingerprint density at radius 3 is 2.70 bits per heavy atom. The van der Waals surface area contributed by atoms with E-state index in [2.05, 4.69) is 10.3 Å². The summed E-state index contributed by atoms with van der Waals surface area (Å²) in [6.07, 6.45) is -2.94. The van der Waals surface area contributed by atoms with Crippen molar-refractivity contribution in [3.05, 3.63) is 45.4 Å². The first-order valence-electron chi connectivity index (χ1n) is 6.78. The van der Waals surface area contributed by atoms with Crippen molar-refractivity contribution >= 4 is 34.0 Å². The molecule has 1 aromatic carbocycles. The fourth-order valence-corrected chi connectivity index (χ4v) is 2.90. The molecular weight excluding hydrogens is 349 g/mol. The van der Waals surface area contributed by atoms with Crippen molar-refractivity contribution in [2.75, 3.05) is 5.32 Å². The van der Waals surface area contributed by atoms with Crippen LogP contribution in [-0.4, -0.2) is 10.9 Å². The lowest BCUT2D eigenvalue weighted by Crippen LogP contribution is -2.17. The first kappa shape index (κ1) is 17.7. The number of carbonyl (C=O) groups excluding carboxylic acids is 1. The first-order valence-corrected chi connectivity index (χ1v) is 7.97. The lowest BCUT2D eigenvalue weighted by atomic mass is 10.0. The Kier molecular flexibility index (Phi) is 5.31. The molecule has 0 aliphatic carbocycles. The van der Waals surface area contributed by atoms with E-state index in [0.29, 0.717) is 10.0 Å². The molecule has 0 unspecified atom stereocenters. The molecule has 1 N–H and O–H groups in total. The van der Waals surface area contributed by atoms with Gasteiger partial charge in [-0.25, -0.2) is 4.98 Å². The van der Waals surface area contributed by atoms with Gasteiger partial charge in [-0.15, -0.1) is 11.3 Å². The number of nitrogens with zero attached hydrogens (tertiary/aromatic N) is 1. The molecular formula is C15H14ClF3N2OS. The number of amides is 1. The molecule has 124 valence electrons. The number of nitrogens with one attached hydrogen (secondary N) is 1. The van der Waals surface area contributed by atoms with Crippen LogP contribution in [0.5, 0.6) is 0 Å². The topological polar surface area (TPSA) is 42.0 Å². The summed E-state index contributed by atoms with van der Waals surface area (Å²) in [7, 11) is 0. The van der Waals surface area contributed by atoms with E-state index in [0.717, 1.165) is 17.4 Å². The van der Waals surface area contributed by atoms with Crippen molar-refractivity contribution in [2.24, 2.45) is 5.92 Å². The summed E-state index contributed by atoms with van der Waals surface area (Å²) in [4.78, 5) is 16.2. The van der Waals surface area contributed by atoms with Gasteiger partial charge in [-0.2, -0.15) is 13.2 Å². The number of hydrogen-bond donors (Lipinski definition) is 1. The Labute approximate surface area is 140 Å². The Morgan fingerprint density at radius 1 is 1.39 bits per heavy atom. The molecule has 3 nitrogen and oxygen atoms in total. The van der Waals surface area contributed by atoms with Gasteiger partial charge >= 0.3 is 6.18 Å². The Morgan fingerprint density at radius 2 is 2.09 bits per heavy atom. The van der Waals surface area contributed by atoms with Crippen molar-refractivity contribution in [3.8, 4) is 0 Å². The Balaban J connectivity index is 2.22. The zero-order chi connectivity index (χ0) is 17.2. The molecule has 23 heavy (non-hydrogen) atoms. The van der Waals surface area contributed by atoms with Gasteiger partial charge in [-0.1, -0.05) is 25.4 Å². The highest BCUT2D eigenvalue weighted by Gasteiger charge is 2.33. The number of carbonyl (C=O) groups is 1. The van der Waals surface area contributed by atoms with Gasteiger partial charge in [0, 0.05) is 28.4 Å². The highest BCUT2D eigenvalue weighted by molar-refractivity contribution is 7.15. The molecule has 0 atom stereocenters. The highest BCUT2D eigenvalue weighted by atomic mass is 35.5. The minimum absolute atomic E-state index is 0.0462. The summed E-state index contributed by atoms with van der Waals surface area (Å²) in [5.74, 6) is -0.392. The summed E-state index contributed by atoms with van der Waals surface area (Å²) < 4.78 is 39.1. The smallest absolute Gasteiger partial charge is 0.302 e. The zero-order valence-electron chi connectivity index (χ0n) is 12.4. The zero-order valence-corrected chi connectivity index (χ0v) is 13.9. The molecule has 0 saturated carbocycles. The number of alkyl halides is 3. The van der Waals surface area contributed by atoms with E-state index in [-0.39, 0.29) is 28.8 Å². The number of thiazole rings is 1. The summed E-state index contributed by atoms with van der Waals surface area (Å²) in [5, 5.41) is 3.24. The van der Waals surface area contributed by atoms with Gasteiger partial charge in [0.25, 0.3) is 0 Å². The lowest BCUT2D eigenvalue weighted by Gasteiger charge is -2.12. The maximum absolute atomic E-state index is 13.0. The predicted octanol–water partition coefficient (Wildman–Crippen LogP) is 5.00. The second-order valence-corrected chi connectivity index (χ2v) is 6.80. The summed E-state index contributed by atoms with van der Waals surface area (Å²) in [6.45, 7) is 3.48. The standard InChI is InChI=1S/C15H14ClF3N2OS/c1-8(2)13(22)21-14-20-7-11(23-14)6-9-5-10(16)3-4-12(9)15(17,18)19/h3-5,7-8H,6H2,1-2H3,(H,20,21,22). The van der Waals surface area contributed by atoms with Crippen LogP contribution in [0.2, 0.25) is 5.02 Å². The van der Waals surface area contributed by atoms with Gasteiger partial charge in [-0.05, 0) is 23.8 Å². The van der Waals surface area contributed by atoms with E-state index in [9.17, 15) is 18.0 Å². The molecule has 1 aromatic heterocycles. The van der Waals surface area contributed by atoms with E-state index in [4.69, 9.17) is 11.6 Å². The number of rotatable bonds is 4. The van der Waals surface area contributed by atoms with Crippen molar-refractivity contribution in [2.45, 2.75) is 26.4 Å². The number of anilines is 1. The van der Waals surface area contributed by atoms with E-state index in [1.165, 1.54) is 18.3 Å². The van der Waals surface area contributed by atoms with Gasteiger partial charge in [0.15, 0.2) is 5.13 Å². The molecule has 2 aromatic rings. The van der Waals surface area contributed by atoms with Gasteiger partial charge in [0.05, 0.1) is 5.56 Å². The fourth-order valence-electron chi connectivity index (χ4n) is 1.87. The average molecular weight is 363 g/mol. The van der Waals surface area contributed by atoms with Crippen LogP contribution in [0.15, 0.2) is 24.4 Å². The van der Waals surface area contributed by atoms with Gasteiger partial charge in [0.1, 0.15) is 0 Å². The van der Waals surface area contributed by atoms with Crippen molar-refractivity contribution in [1.29, 1.82) is 0 Å². The number of halogens is 4. The summed E-state index contributed by atoms with van der Waals surface area (Å²) in [6, 6.07) is 3.49. The molecule has 1 amide bonds. The summed E-state index contributed by atoms with van der Waals surface area (Å²) >= 11 is 6.95. The quantitative estimate of drug-likeness (QED) is 0.831. The number of hydrogen-bond acceptors (Lipinski definition) is 3. The average Bonchev–Trinajstić information content (AvgIpc) is 2.84. The molecule has 1 heterocycles. The van der Waals surface area contributed by atoms with Crippen LogP contribution in [-0.2, 0) is 17.4 Å². The number of benzene rings is 1. The Hall–Kier alpha value is -1.60. The predicted molar refractivity (Wildman–Crippen MR) is 84.8 cm³/mol. The van der Waals surface area contributed by atoms with Gasteiger partial charge in [0.2, 0.25) is 5.91 Å². The molecule has 0 radical (unpaired) electrons. The third-order valence-electron chi connectivity index (χ3n) is 3.05. The van der Waals surface area contributed by atoms with E-state index >= 15 is 0 Å². The summed E-state index contributed by atoms with van der Waals surface area (Å²) in [5.41, 5.74) is -0.640. The molecule has 8 heteroatoms. The van der Waals surface area contributed by atoms with Crippen LogP contribution in [0.25, 0.3) is 0 Å². The van der Waals surface area contributed by atoms with Crippen molar-refractivity contribution < 1.29 is 18.0 Å². The minimum atomic E-state index is -4.45. The molecule has 2 rings (SSSR count). The van der Waals surface area contributed by atoms with Crippen LogP contribution in [0.1, 0.15) is 29.9 Å². The van der Waals surface area contributed by atoms with Crippen LogP contribution >= 0.6 is 22.9 Å². The van der Waals surface area contributed by atoms with Crippen LogP contribution < -0.4 is 5.32 Å². The van der Waals surface area contributed by atoms with Crippen molar-refractivity contribution in [1.82, 2.24) is 4.98 Å². The van der Waals surface area contributed by atoms with Gasteiger partial charge in [-0.3, -0.25) is 4.79 Å². The third-order valence-corrected chi connectivity index (χ3v) is 4.19. The molecule has 0 saturated heterocycles. The normalized spacial score (nSPS) is 11.8. The largest absolute Gasteiger partial charge is 0.416 e. The Bertz CT molecular complexity index is 713. The van der Waals surface area contributed by atoms with E-state index < -0.39 is 11.7 Å². The molecule has 0 bridgehead atoms. The minimum Gasteiger partial charge on any atom is -0.302 e. The van der Waals surface area contributed by atoms with Crippen LogP contribution in [0, 0.1) is 5.92 Å². The van der Waals surface area contributed by atoms with E-state index in [1.807, 2.05) is 0 Å². The maximum Gasteiger partial charge on any atom is 0.416 e. The van der Waals surface area contributed by atoms with E-state index in [1.54, 1.807) is 13.8 Å². The fraction of sp³-hybridized carbons (Fsp3) is 0.333. The lowest BCUT2D eigenvalue weighted by molar-refractivity contribution is -0.138. The van der Waals surface area contributed by atoms with Crippen molar-refractivity contribution in [3.63, 3.8) is 0 Å². The van der Waals surface area contributed by atoms with Gasteiger partial charge < -0.3 is 5.32 Å². The number of aromatic nitrogens is 1. The molecule has 0 aliphatic rings. The highest BCUT2D eigenvalue weighted by Crippen LogP contribution is 2.35. The third kappa shape index (κ3) is 4.68. The molecule has 0 aliphatic heterocycles. The first-order chi connectivity index (χ1) is 10.7. The second kappa shape index (κ2) is 6.88. The van der Waals surface area contributed by atoms with Crippen LogP contribution in [0.4, 0.5) is 18.3 Å². The maximum atomic E-state index is 13.0. The SMILES string of the molecule is CC(C)C(=O)Nc1ncc(Cc2cc(Cl)ccc2C(F)(F)F)s1. The van der Waals surface area contributed by atoms with Crippen LogP contribution in [0.3, 0.4) is 0 Å².